The Morgan fingerprint density at radius 2 is 1.25 bits per heavy atom. The van der Waals surface area contributed by atoms with Crippen LogP contribution in [0.3, 0.4) is 0 Å². The van der Waals surface area contributed by atoms with Gasteiger partial charge in [-0.3, -0.25) is 9.59 Å². The highest BCUT2D eigenvalue weighted by molar-refractivity contribution is 9.18. The predicted octanol–water partition coefficient (Wildman–Crippen LogP) is 1.61. The van der Waals surface area contributed by atoms with E-state index in [-0.39, 0.29) is 22.2 Å². The van der Waals surface area contributed by atoms with Crippen LogP contribution in [0.2, 0.25) is 0 Å². The number of halogens is 2. The standard InChI is InChI=1S/C4H4Br2O2/c5-3(7)1-2-4(6)8/h1-2H2. The molecule has 0 unspecified atom stereocenters. The van der Waals surface area contributed by atoms with Gasteiger partial charge in [0, 0.05) is 12.8 Å². The normalized spacial score (nSPS) is 8.75. The number of carbonyl (C=O) groups excluding carboxylic acids is 2. The largest absolute Gasteiger partial charge is 0.287 e. The SMILES string of the molecule is O=C(Br)CCC(=O)Br. The summed E-state index contributed by atoms with van der Waals surface area (Å²) in [5, 5.41) is 0. The lowest BCUT2D eigenvalue weighted by molar-refractivity contribution is -0.114. The van der Waals surface area contributed by atoms with Gasteiger partial charge in [0.25, 0.3) is 0 Å². The van der Waals surface area contributed by atoms with E-state index in [1.54, 1.807) is 0 Å². The first-order valence-corrected chi connectivity index (χ1v) is 3.58. The monoisotopic (exact) mass is 242 g/mol. The molecule has 0 atom stereocenters. The van der Waals surface area contributed by atoms with Gasteiger partial charge in [-0.25, -0.2) is 0 Å². The number of rotatable bonds is 3. The molecule has 0 fully saturated rings. The Labute approximate surface area is 63.9 Å². The van der Waals surface area contributed by atoms with Gasteiger partial charge in [0.2, 0.25) is 0 Å². The zero-order chi connectivity index (χ0) is 6.57. The summed E-state index contributed by atoms with van der Waals surface area (Å²) in [4.78, 5) is 20.2. The second-order valence-corrected chi connectivity index (χ2v) is 2.98. The minimum atomic E-state index is -0.134. The zero-order valence-electron chi connectivity index (χ0n) is 3.99. The van der Waals surface area contributed by atoms with E-state index in [9.17, 15) is 9.59 Å². The van der Waals surface area contributed by atoms with Gasteiger partial charge in [-0.1, -0.05) is 0 Å². The third-order valence-electron chi connectivity index (χ3n) is 0.518. The van der Waals surface area contributed by atoms with Gasteiger partial charge in [0.1, 0.15) is 0 Å². The lowest BCUT2D eigenvalue weighted by atomic mass is 10.4. The lowest BCUT2D eigenvalue weighted by Gasteiger charge is -1.83. The Bertz CT molecular complexity index is 96.6. The summed E-state index contributed by atoms with van der Waals surface area (Å²) in [5.74, 6) is 0. The smallest absolute Gasteiger partial charge is 0.198 e. The fourth-order valence-electron chi connectivity index (χ4n) is 0.197. The van der Waals surface area contributed by atoms with Gasteiger partial charge in [0.15, 0.2) is 9.39 Å². The van der Waals surface area contributed by atoms with Crippen LogP contribution in [0.1, 0.15) is 12.8 Å². The number of carbonyl (C=O) groups is 2. The first-order valence-electron chi connectivity index (χ1n) is 1.99. The van der Waals surface area contributed by atoms with Crippen LogP contribution in [0.4, 0.5) is 0 Å². The van der Waals surface area contributed by atoms with Gasteiger partial charge >= 0.3 is 0 Å². The quantitative estimate of drug-likeness (QED) is 0.706. The van der Waals surface area contributed by atoms with E-state index in [4.69, 9.17) is 0 Å². The molecule has 0 heterocycles. The molecule has 4 heteroatoms. The summed E-state index contributed by atoms with van der Waals surface area (Å²) < 4.78 is -0.268. The molecular weight excluding hydrogens is 240 g/mol. The van der Waals surface area contributed by atoms with Crippen LogP contribution in [0, 0.1) is 0 Å². The van der Waals surface area contributed by atoms with Crippen LogP contribution < -0.4 is 0 Å². The summed E-state index contributed by atoms with van der Waals surface area (Å²) >= 11 is 5.38. The maximum absolute atomic E-state index is 10.1. The summed E-state index contributed by atoms with van der Waals surface area (Å²) in [6, 6.07) is 0. The summed E-state index contributed by atoms with van der Waals surface area (Å²) in [5.41, 5.74) is 0. The molecule has 8 heavy (non-hydrogen) atoms. The molecule has 0 amide bonds. The van der Waals surface area contributed by atoms with E-state index in [1.807, 2.05) is 0 Å². The Morgan fingerprint density at radius 1 is 1.00 bits per heavy atom. The van der Waals surface area contributed by atoms with Crippen molar-refractivity contribution in [1.82, 2.24) is 0 Å². The Balaban J connectivity index is 3.18. The van der Waals surface area contributed by atoms with Crippen molar-refractivity contribution in [2.75, 3.05) is 0 Å². The van der Waals surface area contributed by atoms with Crippen LogP contribution in [-0.4, -0.2) is 9.39 Å². The molecule has 0 bridgehead atoms. The molecule has 2 nitrogen and oxygen atoms in total. The van der Waals surface area contributed by atoms with Crippen molar-refractivity contribution in [3.05, 3.63) is 0 Å². The van der Waals surface area contributed by atoms with Crippen LogP contribution in [0.15, 0.2) is 0 Å². The topological polar surface area (TPSA) is 34.1 Å². The zero-order valence-corrected chi connectivity index (χ0v) is 7.16. The van der Waals surface area contributed by atoms with Crippen molar-refractivity contribution in [3.8, 4) is 0 Å². The number of hydrogen-bond acceptors (Lipinski definition) is 2. The van der Waals surface area contributed by atoms with Crippen molar-refractivity contribution in [2.24, 2.45) is 0 Å². The minimum absolute atomic E-state index is 0.134. The summed E-state index contributed by atoms with van der Waals surface area (Å²) in [6.45, 7) is 0. The van der Waals surface area contributed by atoms with E-state index < -0.39 is 0 Å². The molecule has 0 N–H and O–H groups in total. The van der Waals surface area contributed by atoms with Crippen molar-refractivity contribution in [3.63, 3.8) is 0 Å². The van der Waals surface area contributed by atoms with Crippen molar-refractivity contribution in [1.29, 1.82) is 0 Å². The number of hydrogen-bond donors (Lipinski definition) is 0. The average molecular weight is 244 g/mol. The second-order valence-electron chi connectivity index (χ2n) is 1.21. The van der Waals surface area contributed by atoms with Gasteiger partial charge in [-0.2, -0.15) is 0 Å². The molecule has 0 saturated heterocycles. The van der Waals surface area contributed by atoms with E-state index >= 15 is 0 Å². The highest BCUT2D eigenvalue weighted by Gasteiger charge is 1.98. The van der Waals surface area contributed by atoms with Gasteiger partial charge in [0.05, 0.1) is 0 Å². The molecule has 0 saturated carbocycles. The van der Waals surface area contributed by atoms with Gasteiger partial charge in [-0.15, -0.1) is 0 Å². The molecule has 0 rings (SSSR count). The first kappa shape index (κ1) is 8.30. The highest BCUT2D eigenvalue weighted by atomic mass is 79.9. The second kappa shape index (κ2) is 4.21. The summed E-state index contributed by atoms with van der Waals surface area (Å²) in [7, 11) is 0. The minimum Gasteiger partial charge on any atom is -0.287 e. The Morgan fingerprint density at radius 3 is 1.38 bits per heavy atom. The highest BCUT2D eigenvalue weighted by Crippen LogP contribution is 2.00. The maximum Gasteiger partial charge on any atom is 0.198 e. The average Bonchev–Trinajstić information content (AvgIpc) is 1.61. The molecule has 46 valence electrons. The van der Waals surface area contributed by atoms with Crippen molar-refractivity contribution in [2.45, 2.75) is 12.8 Å². The molecule has 0 radical (unpaired) electrons. The maximum atomic E-state index is 10.1. The molecule has 0 aliphatic rings. The third kappa shape index (κ3) is 6.30. The van der Waals surface area contributed by atoms with Gasteiger partial charge in [-0.05, 0) is 31.9 Å². The molecular formula is C4H4Br2O2. The third-order valence-corrected chi connectivity index (χ3v) is 1.31. The Kier molecular flexibility index (Phi) is 4.36. The van der Waals surface area contributed by atoms with E-state index in [0.717, 1.165) is 0 Å². The van der Waals surface area contributed by atoms with Crippen molar-refractivity contribution < 1.29 is 9.59 Å². The Hall–Kier alpha value is 0.300. The molecule has 0 spiro atoms. The fraction of sp³-hybridized carbons (Fsp3) is 0.500. The predicted molar refractivity (Wildman–Crippen MR) is 37.1 cm³/mol. The fourth-order valence-corrected chi connectivity index (χ4v) is 0.593. The molecule has 0 aromatic carbocycles. The first-order chi connectivity index (χ1) is 3.63. The van der Waals surface area contributed by atoms with Crippen molar-refractivity contribution >= 4 is 41.2 Å². The van der Waals surface area contributed by atoms with Gasteiger partial charge < -0.3 is 0 Å². The van der Waals surface area contributed by atoms with Crippen LogP contribution in [0.5, 0.6) is 0 Å². The molecule has 0 aliphatic carbocycles. The van der Waals surface area contributed by atoms with Crippen LogP contribution in [0.25, 0.3) is 0 Å². The summed E-state index contributed by atoms with van der Waals surface area (Å²) in [6.07, 6.45) is 0.536. The molecule has 0 aliphatic heterocycles. The molecule has 0 aromatic rings. The van der Waals surface area contributed by atoms with Crippen LogP contribution in [-0.2, 0) is 9.59 Å². The van der Waals surface area contributed by atoms with E-state index in [1.165, 1.54) is 0 Å². The van der Waals surface area contributed by atoms with E-state index in [2.05, 4.69) is 31.9 Å². The van der Waals surface area contributed by atoms with E-state index in [0.29, 0.717) is 0 Å². The van der Waals surface area contributed by atoms with Crippen LogP contribution >= 0.6 is 31.9 Å². The molecule has 0 aromatic heterocycles. The lowest BCUT2D eigenvalue weighted by Crippen LogP contribution is -1.89.